The lowest BCUT2D eigenvalue weighted by Crippen LogP contribution is -2.51. The van der Waals surface area contributed by atoms with E-state index in [0.717, 1.165) is 22.2 Å². The van der Waals surface area contributed by atoms with E-state index in [-0.39, 0.29) is 41.4 Å². The molecule has 0 aliphatic carbocycles. The number of nitrogens with zero attached hydrogens (tertiary/aromatic N) is 4. The van der Waals surface area contributed by atoms with Crippen LogP contribution in [0.3, 0.4) is 0 Å². The van der Waals surface area contributed by atoms with Crippen LogP contribution >= 0.6 is 11.3 Å². The summed E-state index contributed by atoms with van der Waals surface area (Å²) in [4.78, 5) is 45.7. The molecule has 192 valence electrons. The Labute approximate surface area is 205 Å². The molecule has 0 amide bonds. The molecular weight excluding hydrogens is 508 g/mol. The zero-order valence-corrected chi connectivity index (χ0v) is 19.7. The summed E-state index contributed by atoms with van der Waals surface area (Å²) in [5.74, 6) is -3.11. The van der Waals surface area contributed by atoms with Crippen molar-refractivity contribution in [2.24, 2.45) is 5.92 Å². The Morgan fingerprint density at radius 2 is 2.00 bits per heavy atom. The summed E-state index contributed by atoms with van der Waals surface area (Å²) in [6.07, 6.45) is -3.04. The lowest BCUT2D eigenvalue weighted by molar-refractivity contribution is -0.140. The van der Waals surface area contributed by atoms with E-state index in [4.69, 9.17) is 4.74 Å². The monoisotopic (exact) mass is 528 g/mol. The predicted octanol–water partition coefficient (Wildman–Crippen LogP) is 3.52. The first kappa shape index (κ1) is 25.7. The van der Waals surface area contributed by atoms with E-state index >= 15 is 0 Å². The molecule has 4 heterocycles. The maximum absolute atomic E-state index is 15.0. The molecule has 1 fully saturated rings. The molecule has 0 radical (unpaired) electrons. The first-order chi connectivity index (χ1) is 17.0. The zero-order chi connectivity index (χ0) is 26.2. The number of ketones is 1. The van der Waals surface area contributed by atoms with Gasteiger partial charge in [-0.2, -0.15) is 13.2 Å². The lowest BCUT2D eigenvalue weighted by Gasteiger charge is -2.39. The number of hydrogen-bond donors (Lipinski definition) is 1. The van der Waals surface area contributed by atoms with Crippen LogP contribution in [0.15, 0.2) is 22.4 Å². The molecule has 0 bridgehead atoms. The third-order valence-electron chi connectivity index (χ3n) is 5.68. The number of carboxylic acid groups (broad SMARTS) is 1. The highest BCUT2D eigenvalue weighted by Crippen LogP contribution is 2.33. The molecule has 1 saturated heterocycles. The number of fused-ring (bicyclic) bond motifs is 1. The first-order valence-electron chi connectivity index (χ1n) is 10.9. The van der Waals surface area contributed by atoms with Gasteiger partial charge in [-0.05, 0) is 19.4 Å². The molecule has 0 spiro atoms. The Bertz CT molecular complexity index is 1380. The molecule has 3 aromatic rings. The minimum Gasteiger partial charge on any atom is -0.477 e. The number of aromatic carboxylic acids is 1. The minimum atomic E-state index is -4.74. The number of Topliss-reactive ketones (excluding diaryl/α,β-unsaturated/α-hetero) is 1. The highest BCUT2D eigenvalue weighted by molar-refractivity contribution is 7.12. The van der Waals surface area contributed by atoms with Crippen molar-refractivity contribution < 1.29 is 37.0 Å². The number of pyridine rings is 2. The van der Waals surface area contributed by atoms with Crippen LogP contribution < -0.4 is 10.3 Å². The third-order valence-corrected chi connectivity index (χ3v) is 6.52. The topological polar surface area (TPSA) is 115 Å². The van der Waals surface area contributed by atoms with Crippen LogP contribution in [-0.2, 0) is 15.7 Å². The zero-order valence-electron chi connectivity index (χ0n) is 18.8. The molecule has 3 aromatic heterocycles. The number of alkyl halides is 3. The van der Waals surface area contributed by atoms with E-state index in [9.17, 15) is 37.1 Å². The van der Waals surface area contributed by atoms with Gasteiger partial charge in [0.25, 0.3) is 0 Å². The van der Waals surface area contributed by atoms with Crippen LogP contribution in [0.25, 0.3) is 16.2 Å². The van der Waals surface area contributed by atoms with E-state index in [1.165, 1.54) is 4.90 Å². The van der Waals surface area contributed by atoms with E-state index < -0.39 is 40.0 Å². The highest BCUT2D eigenvalue weighted by atomic mass is 32.1. The summed E-state index contributed by atoms with van der Waals surface area (Å²) in [6, 6.07) is 0.804. The van der Waals surface area contributed by atoms with E-state index in [2.05, 4.69) is 9.97 Å². The Kier molecular flexibility index (Phi) is 7.09. The molecule has 36 heavy (non-hydrogen) atoms. The van der Waals surface area contributed by atoms with Crippen molar-refractivity contribution in [2.75, 3.05) is 31.2 Å². The molecule has 0 unspecified atom stereocenters. The van der Waals surface area contributed by atoms with Gasteiger partial charge in [0.15, 0.2) is 28.1 Å². The number of hydrogen-bond acceptors (Lipinski definition) is 8. The second-order valence-electron chi connectivity index (χ2n) is 8.09. The number of ether oxygens (including phenoxy) is 1. The van der Waals surface area contributed by atoms with Crippen LogP contribution in [0.5, 0.6) is 0 Å². The van der Waals surface area contributed by atoms with E-state index in [1.54, 1.807) is 0 Å². The van der Waals surface area contributed by atoms with E-state index in [0.29, 0.717) is 37.4 Å². The summed E-state index contributed by atoms with van der Waals surface area (Å²) in [6.45, 7) is 3.21. The number of anilines is 1. The molecule has 1 aliphatic heterocycles. The summed E-state index contributed by atoms with van der Waals surface area (Å²) < 4.78 is 60.3. The number of halogens is 4. The Balaban J connectivity index is 1.69. The molecule has 0 aromatic carbocycles. The van der Waals surface area contributed by atoms with E-state index in [1.807, 2.05) is 6.92 Å². The van der Waals surface area contributed by atoms with Gasteiger partial charge in [-0.15, -0.1) is 11.3 Å². The Morgan fingerprint density at radius 1 is 1.28 bits per heavy atom. The standard InChI is InChI=1S/C22H20F4N4O5S/c1-2-35-5-3-4-15(31)11-7-29(8-11)19-14(23)6-12-17(32)13(20(33)34)9-30(18(12)28-19)21-27-16(10-36-21)22(24,25)26/h6,9-11H,2-5,7-8H2,1H3,(H,33,34). The highest BCUT2D eigenvalue weighted by Gasteiger charge is 2.36. The maximum Gasteiger partial charge on any atom is 0.434 e. The number of rotatable bonds is 9. The average molecular weight is 528 g/mol. The van der Waals surface area contributed by atoms with Crippen LogP contribution in [-0.4, -0.2) is 57.7 Å². The van der Waals surface area contributed by atoms with Gasteiger partial charge >= 0.3 is 12.1 Å². The maximum atomic E-state index is 15.0. The van der Waals surface area contributed by atoms with Crippen molar-refractivity contribution in [1.29, 1.82) is 0 Å². The quantitative estimate of drug-likeness (QED) is 0.332. The van der Waals surface area contributed by atoms with Crippen LogP contribution in [0.2, 0.25) is 0 Å². The van der Waals surface area contributed by atoms with Gasteiger partial charge in [0.2, 0.25) is 5.43 Å². The number of aromatic nitrogens is 3. The fourth-order valence-electron chi connectivity index (χ4n) is 3.79. The second kappa shape index (κ2) is 9.93. The second-order valence-corrected chi connectivity index (χ2v) is 8.93. The average Bonchev–Trinajstić information content (AvgIpc) is 3.27. The van der Waals surface area contributed by atoms with Gasteiger partial charge in [0, 0.05) is 44.3 Å². The van der Waals surface area contributed by atoms with Crippen molar-refractivity contribution >= 4 is 39.9 Å². The largest absolute Gasteiger partial charge is 0.477 e. The fourth-order valence-corrected chi connectivity index (χ4v) is 4.60. The fraction of sp³-hybridized carbons (Fsp3) is 0.409. The molecule has 14 heteroatoms. The van der Waals surface area contributed by atoms with Gasteiger partial charge in [-0.3, -0.25) is 14.2 Å². The van der Waals surface area contributed by atoms with Crippen molar-refractivity contribution in [3.05, 3.63) is 44.9 Å². The van der Waals surface area contributed by atoms with Gasteiger partial charge in [-0.1, -0.05) is 0 Å². The summed E-state index contributed by atoms with van der Waals surface area (Å²) in [5.41, 5.74) is -3.27. The van der Waals surface area contributed by atoms with Crippen LogP contribution in [0.4, 0.5) is 23.4 Å². The van der Waals surface area contributed by atoms with Crippen molar-refractivity contribution in [3.8, 4) is 5.13 Å². The molecule has 1 aliphatic rings. The Hall–Kier alpha value is -3.39. The van der Waals surface area contributed by atoms with Gasteiger partial charge in [-0.25, -0.2) is 19.2 Å². The normalized spacial score (nSPS) is 14.3. The van der Waals surface area contributed by atoms with Crippen molar-refractivity contribution in [2.45, 2.75) is 25.9 Å². The van der Waals surface area contributed by atoms with Gasteiger partial charge in [0.1, 0.15) is 11.3 Å². The van der Waals surface area contributed by atoms with Crippen molar-refractivity contribution in [1.82, 2.24) is 14.5 Å². The molecule has 1 N–H and O–H groups in total. The summed E-state index contributed by atoms with van der Waals surface area (Å²) in [5, 5.41) is 9.40. The van der Waals surface area contributed by atoms with Crippen LogP contribution in [0.1, 0.15) is 35.8 Å². The lowest BCUT2D eigenvalue weighted by atomic mass is 9.92. The summed E-state index contributed by atoms with van der Waals surface area (Å²) in [7, 11) is 0. The summed E-state index contributed by atoms with van der Waals surface area (Å²) >= 11 is 0.559. The smallest absolute Gasteiger partial charge is 0.434 e. The molecule has 0 atom stereocenters. The molecule has 0 saturated carbocycles. The van der Waals surface area contributed by atoms with Crippen molar-refractivity contribution in [3.63, 3.8) is 0 Å². The predicted molar refractivity (Wildman–Crippen MR) is 121 cm³/mol. The first-order valence-corrected chi connectivity index (χ1v) is 11.8. The minimum absolute atomic E-state index is 0.00220. The van der Waals surface area contributed by atoms with Gasteiger partial charge < -0.3 is 14.7 Å². The number of carboxylic acids is 1. The molecule has 4 rings (SSSR count). The SMILES string of the molecule is CCOCCCC(=O)C1CN(c2nc3c(cc2F)c(=O)c(C(=O)O)cn3-c2nc(C(F)(F)F)cs2)C1. The molecule has 9 nitrogen and oxygen atoms in total. The third kappa shape index (κ3) is 4.95. The number of carbonyl (C=O) groups excluding carboxylic acids is 1. The number of thiazole rings is 1. The number of carbonyl (C=O) groups is 2. The van der Waals surface area contributed by atoms with Crippen LogP contribution in [0, 0.1) is 11.7 Å². The molecular formula is C22H20F4N4O5S. The van der Waals surface area contributed by atoms with Gasteiger partial charge in [0.05, 0.1) is 11.3 Å². The Morgan fingerprint density at radius 3 is 2.61 bits per heavy atom.